The van der Waals surface area contributed by atoms with Gasteiger partial charge in [-0.15, -0.1) is 0 Å². The van der Waals surface area contributed by atoms with Gasteiger partial charge >= 0.3 is 0 Å². The van der Waals surface area contributed by atoms with Crippen LogP contribution in [0, 0.1) is 17.2 Å². The largest absolute Gasteiger partial charge is 0.370 e. The van der Waals surface area contributed by atoms with Gasteiger partial charge in [-0.25, -0.2) is 8.42 Å². The average Bonchev–Trinajstić information content (AvgIpc) is 3.10. The molecule has 2 aromatic rings. The second kappa shape index (κ2) is 10.1. The van der Waals surface area contributed by atoms with Crippen molar-refractivity contribution in [2.45, 2.75) is 24.2 Å². The van der Waals surface area contributed by atoms with Crippen molar-refractivity contribution in [2.24, 2.45) is 5.92 Å². The van der Waals surface area contributed by atoms with Gasteiger partial charge in [0.1, 0.15) is 0 Å². The van der Waals surface area contributed by atoms with Crippen molar-refractivity contribution >= 4 is 33.2 Å². The number of sulfonamides is 1. The molecule has 2 aliphatic heterocycles. The summed E-state index contributed by atoms with van der Waals surface area (Å²) in [6, 6.07) is 15.8. The fourth-order valence-corrected chi connectivity index (χ4v) is 6.17. The van der Waals surface area contributed by atoms with Gasteiger partial charge in [-0.3, -0.25) is 4.79 Å². The number of hydrogen-bond donors (Lipinski definition) is 0. The molecule has 0 N–H and O–H groups in total. The van der Waals surface area contributed by atoms with Gasteiger partial charge in [0.15, 0.2) is 0 Å². The molecule has 0 radical (unpaired) electrons. The van der Waals surface area contributed by atoms with Crippen LogP contribution in [0.15, 0.2) is 53.4 Å². The van der Waals surface area contributed by atoms with E-state index in [1.807, 2.05) is 17.0 Å². The smallest absolute Gasteiger partial charge is 0.243 e. The predicted molar refractivity (Wildman–Crippen MR) is 128 cm³/mol. The molecule has 1 unspecified atom stereocenters. The van der Waals surface area contributed by atoms with Crippen LogP contribution >= 0.6 is 11.6 Å². The Hall–Kier alpha value is -2.60. The van der Waals surface area contributed by atoms with Crippen molar-refractivity contribution in [1.29, 1.82) is 5.26 Å². The lowest BCUT2D eigenvalue weighted by Crippen LogP contribution is -2.47. The maximum atomic E-state index is 13.3. The first-order valence-corrected chi connectivity index (χ1v) is 13.0. The highest BCUT2D eigenvalue weighted by Gasteiger charge is 2.35. The fourth-order valence-electron chi connectivity index (χ4n) is 4.52. The van der Waals surface area contributed by atoms with Crippen molar-refractivity contribution < 1.29 is 13.2 Å². The van der Waals surface area contributed by atoms with E-state index >= 15 is 0 Å². The SMILES string of the molecule is N#Cc1ccc(N2CCCN(C(=O)C3CCCN(S(=O)(=O)c4ccc(Cl)cc4)C3)CC2)cc1. The normalized spacial score (nSPS) is 20.2. The van der Waals surface area contributed by atoms with Gasteiger partial charge in [-0.1, -0.05) is 11.6 Å². The third kappa shape index (κ3) is 5.32. The number of benzene rings is 2. The van der Waals surface area contributed by atoms with Crippen LogP contribution in [0.3, 0.4) is 0 Å². The van der Waals surface area contributed by atoms with Crippen molar-refractivity contribution in [3.8, 4) is 6.07 Å². The molecule has 4 rings (SSSR count). The zero-order valence-corrected chi connectivity index (χ0v) is 19.9. The Morgan fingerprint density at radius 2 is 1.67 bits per heavy atom. The molecule has 0 aliphatic carbocycles. The lowest BCUT2D eigenvalue weighted by atomic mass is 9.98. The number of carbonyl (C=O) groups excluding carboxylic acids is 1. The van der Waals surface area contributed by atoms with Gasteiger partial charge in [-0.2, -0.15) is 9.57 Å². The first kappa shape index (κ1) is 23.6. The minimum absolute atomic E-state index is 0.0349. The van der Waals surface area contributed by atoms with E-state index in [0.717, 1.165) is 18.7 Å². The maximum Gasteiger partial charge on any atom is 0.243 e. The summed E-state index contributed by atoms with van der Waals surface area (Å²) >= 11 is 5.90. The predicted octanol–water partition coefficient (Wildman–Crippen LogP) is 3.35. The molecule has 1 atom stereocenters. The highest BCUT2D eigenvalue weighted by molar-refractivity contribution is 7.89. The first-order chi connectivity index (χ1) is 15.9. The zero-order chi connectivity index (χ0) is 23.4. The molecule has 2 aliphatic rings. The van der Waals surface area contributed by atoms with Crippen LogP contribution in [0.4, 0.5) is 5.69 Å². The number of amides is 1. The molecule has 2 aromatic carbocycles. The lowest BCUT2D eigenvalue weighted by molar-refractivity contribution is -0.136. The molecule has 0 aromatic heterocycles. The molecule has 0 saturated carbocycles. The van der Waals surface area contributed by atoms with E-state index < -0.39 is 10.0 Å². The second-order valence-corrected chi connectivity index (χ2v) is 10.9. The molecule has 1 amide bonds. The van der Waals surface area contributed by atoms with Gasteiger partial charge in [0.25, 0.3) is 0 Å². The summed E-state index contributed by atoms with van der Waals surface area (Å²) < 4.78 is 27.6. The average molecular weight is 487 g/mol. The van der Waals surface area contributed by atoms with Gasteiger partial charge < -0.3 is 9.80 Å². The minimum Gasteiger partial charge on any atom is -0.370 e. The Kier molecular flexibility index (Phi) is 7.23. The van der Waals surface area contributed by atoms with Crippen LogP contribution in [0.1, 0.15) is 24.8 Å². The van der Waals surface area contributed by atoms with Crippen LogP contribution in [0.25, 0.3) is 0 Å². The van der Waals surface area contributed by atoms with Crippen LogP contribution < -0.4 is 4.90 Å². The van der Waals surface area contributed by atoms with Crippen LogP contribution in [0.5, 0.6) is 0 Å². The minimum atomic E-state index is -3.66. The Bertz CT molecular complexity index is 1130. The number of nitrogens with zero attached hydrogens (tertiary/aromatic N) is 4. The highest BCUT2D eigenvalue weighted by Crippen LogP contribution is 2.26. The number of piperidine rings is 1. The van der Waals surface area contributed by atoms with E-state index in [4.69, 9.17) is 16.9 Å². The molecule has 0 spiro atoms. The monoisotopic (exact) mass is 486 g/mol. The third-order valence-electron chi connectivity index (χ3n) is 6.35. The van der Waals surface area contributed by atoms with Crippen molar-refractivity contribution in [3.05, 3.63) is 59.1 Å². The van der Waals surface area contributed by atoms with Crippen LogP contribution in [-0.4, -0.2) is 62.8 Å². The molecular weight excluding hydrogens is 460 g/mol. The summed E-state index contributed by atoms with van der Waals surface area (Å²) in [6.07, 6.45) is 2.20. The Morgan fingerprint density at radius 3 is 2.36 bits per heavy atom. The zero-order valence-electron chi connectivity index (χ0n) is 18.4. The van der Waals surface area contributed by atoms with E-state index in [9.17, 15) is 13.2 Å². The molecule has 0 bridgehead atoms. The summed E-state index contributed by atoms with van der Waals surface area (Å²) in [4.78, 5) is 17.6. The third-order valence-corrected chi connectivity index (χ3v) is 8.49. The molecular formula is C24H27ClN4O3S. The van der Waals surface area contributed by atoms with E-state index in [2.05, 4.69) is 11.0 Å². The maximum absolute atomic E-state index is 13.3. The summed E-state index contributed by atoms with van der Waals surface area (Å²) in [5.41, 5.74) is 1.67. The van der Waals surface area contributed by atoms with Crippen molar-refractivity contribution in [1.82, 2.24) is 9.21 Å². The van der Waals surface area contributed by atoms with Gasteiger partial charge in [-0.05, 0) is 67.8 Å². The number of anilines is 1. The molecule has 174 valence electrons. The number of rotatable bonds is 4. The van der Waals surface area contributed by atoms with Crippen molar-refractivity contribution in [3.63, 3.8) is 0 Å². The van der Waals surface area contributed by atoms with Crippen LogP contribution in [-0.2, 0) is 14.8 Å². The van der Waals surface area contributed by atoms with E-state index in [-0.39, 0.29) is 23.3 Å². The molecule has 33 heavy (non-hydrogen) atoms. The van der Waals surface area contributed by atoms with Gasteiger partial charge in [0.2, 0.25) is 15.9 Å². The standard InChI is InChI=1S/C24H27ClN4O3S/c25-21-6-10-23(11-7-21)33(31,32)29-14-1-3-20(18-29)24(30)28-13-2-12-27(15-16-28)22-8-4-19(17-26)5-9-22/h4-11,20H,1-3,12-16,18H2. The first-order valence-electron chi connectivity index (χ1n) is 11.2. The summed E-state index contributed by atoms with van der Waals surface area (Å²) in [7, 11) is -3.66. The summed E-state index contributed by atoms with van der Waals surface area (Å²) in [6.45, 7) is 3.42. The molecule has 9 heteroatoms. The van der Waals surface area contributed by atoms with Gasteiger partial charge in [0, 0.05) is 50.0 Å². The Labute approximate surface area is 200 Å². The quantitative estimate of drug-likeness (QED) is 0.661. The molecule has 2 saturated heterocycles. The second-order valence-electron chi connectivity index (χ2n) is 8.48. The van der Waals surface area contributed by atoms with Crippen molar-refractivity contribution in [2.75, 3.05) is 44.2 Å². The molecule has 2 heterocycles. The Balaban J connectivity index is 1.40. The fraction of sp³-hybridized carbons (Fsp3) is 0.417. The topological polar surface area (TPSA) is 84.7 Å². The van der Waals surface area contributed by atoms with Crippen LogP contribution in [0.2, 0.25) is 5.02 Å². The number of nitriles is 1. The highest BCUT2D eigenvalue weighted by atomic mass is 35.5. The Morgan fingerprint density at radius 1 is 0.939 bits per heavy atom. The summed E-state index contributed by atoms with van der Waals surface area (Å²) in [5.74, 6) is -0.296. The number of halogens is 1. The summed E-state index contributed by atoms with van der Waals surface area (Å²) in [5, 5.41) is 9.48. The number of carbonyl (C=O) groups is 1. The van der Waals surface area contributed by atoms with Gasteiger partial charge in [0.05, 0.1) is 22.4 Å². The van der Waals surface area contributed by atoms with E-state index in [0.29, 0.717) is 49.6 Å². The molecule has 7 nitrogen and oxygen atoms in total. The lowest BCUT2D eigenvalue weighted by Gasteiger charge is -2.34. The number of hydrogen-bond acceptors (Lipinski definition) is 5. The van der Waals surface area contributed by atoms with E-state index in [1.165, 1.54) is 16.4 Å². The molecule has 2 fully saturated rings. The van der Waals surface area contributed by atoms with E-state index in [1.54, 1.807) is 24.3 Å².